The highest BCUT2D eigenvalue weighted by molar-refractivity contribution is 5.24. The maximum Gasteiger partial charge on any atom is 0.0764 e. The summed E-state index contributed by atoms with van der Waals surface area (Å²) in [6, 6.07) is 0. The van der Waals surface area contributed by atoms with Crippen LogP contribution in [0.3, 0.4) is 0 Å². The topological polar surface area (TPSA) is 9.23 Å². The van der Waals surface area contributed by atoms with Crippen LogP contribution < -0.4 is 0 Å². The lowest BCUT2D eigenvalue weighted by Gasteiger charge is -2.12. The molecule has 0 aromatic heterocycles. The van der Waals surface area contributed by atoms with Gasteiger partial charge in [0.05, 0.1) is 5.60 Å². The van der Waals surface area contributed by atoms with Gasteiger partial charge in [0.2, 0.25) is 0 Å². The number of methoxy groups -OCH3 is 1. The molecule has 1 heteroatoms. The summed E-state index contributed by atoms with van der Waals surface area (Å²) in [7, 11) is 1.80. The zero-order valence-corrected chi connectivity index (χ0v) is 7.91. The Morgan fingerprint density at radius 3 is 1.10 bits per heavy atom. The maximum absolute atomic E-state index is 5.48. The fourth-order valence-electron chi connectivity index (χ4n) is 2.05. The van der Waals surface area contributed by atoms with Gasteiger partial charge in [-0.25, -0.2) is 0 Å². The summed E-state index contributed by atoms with van der Waals surface area (Å²) in [6.45, 7) is 11.2. The van der Waals surface area contributed by atoms with E-state index in [1.54, 1.807) is 7.11 Å². The maximum atomic E-state index is 5.48. The largest absolute Gasteiger partial charge is 0.377 e. The highest BCUT2D eigenvalue weighted by Crippen LogP contribution is 2.72. The van der Waals surface area contributed by atoms with E-state index in [4.69, 9.17) is 4.74 Å². The van der Waals surface area contributed by atoms with Gasteiger partial charge in [0, 0.05) is 17.9 Å². The van der Waals surface area contributed by atoms with E-state index < -0.39 is 0 Å². The van der Waals surface area contributed by atoms with Crippen molar-refractivity contribution in [2.24, 2.45) is 10.8 Å². The summed E-state index contributed by atoms with van der Waals surface area (Å²) in [5.74, 6) is 0. The lowest BCUT2D eigenvalue weighted by atomic mass is 10.0. The Bertz CT molecular complexity index is 142. The highest BCUT2D eigenvalue weighted by atomic mass is 16.5. The summed E-state index contributed by atoms with van der Waals surface area (Å²) in [5.41, 5.74) is 0.740. The summed E-state index contributed by atoms with van der Waals surface area (Å²) >= 11 is 0. The van der Waals surface area contributed by atoms with Crippen LogP contribution in [-0.2, 0) is 4.74 Å². The van der Waals surface area contributed by atoms with Crippen molar-refractivity contribution < 1.29 is 4.74 Å². The lowest BCUT2D eigenvalue weighted by molar-refractivity contribution is 0.0486. The van der Waals surface area contributed by atoms with E-state index in [0.29, 0.717) is 10.8 Å². The van der Waals surface area contributed by atoms with Crippen molar-refractivity contribution in [3.63, 3.8) is 0 Å². The second-order valence-corrected chi connectivity index (χ2v) is 4.49. The highest BCUT2D eigenvalue weighted by Gasteiger charge is 2.75. The lowest BCUT2D eigenvalue weighted by Crippen LogP contribution is -2.15. The first-order valence-corrected chi connectivity index (χ1v) is 3.86. The van der Waals surface area contributed by atoms with E-state index in [1.807, 2.05) is 0 Å². The van der Waals surface area contributed by atoms with Gasteiger partial charge in [0.25, 0.3) is 0 Å². The minimum atomic E-state index is 0.0833. The van der Waals surface area contributed by atoms with Gasteiger partial charge in [0.1, 0.15) is 0 Å². The summed E-state index contributed by atoms with van der Waals surface area (Å²) in [4.78, 5) is 0. The monoisotopic (exact) mass is 142 g/mol. The van der Waals surface area contributed by atoms with Gasteiger partial charge in [-0.2, -0.15) is 0 Å². The second-order valence-electron chi connectivity index (χ2n) is 4.49. The molecule has 1 aliphatic carbocycles. The average Bonchev–Trinajstić information content (AvgIpc) is 2.11. The van der Waals surface area contributed by atoms with E-state index >= 15 is 0 Å². The Morgan fingerprint density at radius 2 is 1.10 bits per heavy atom. The third-order valence-electron chi connectivity index (χ3n) is 4.29. The van der Waals surface area contributed by atoms with Crippen LogP contribution in [0.1, 0.15) is 34.6 Å². The van der Waals surface area contributed by atoms with Crippen LogP contribution in [0.2, 0.25) is 0 Å². The molecule has 0 aliphatic heterocycles. The molecular formula is C9H18O. The molecule has 0 bridgehead atoms. The fraction of sp³-hybridized carbons (Fsp3) is 1.00. The molecule has 0 heterocycles. The van der Waals surface area contributed by atoms with Crippen molar-refractivity contribution in [2.75, 3.05) is 7.11 Å². The number of hydrogen-bond donors (Lipinski definition) is 0. The third-order valence-corrected chi connectivity index (χ3v) is 4.29. The molecule has 0 amide bonds. The molecule has 1 aliphatic rings. The molecule has 0 unspecified atom stereocenters. The van der Waals surface area contributed by atoms with Gasteiger partial charge in [-0.15, -0.1) is 0 Å². The van der Waals surface area contributed by atoms with Gasteiger partial charge < -0.3 is 4.74 Å². The van der Waals surface area contributed by atoms with Gasteiger partial charge in [-0.1, -0.05) is 27.7 Å². The van der Waals surface area contributed by atoms with Crippen molar-refractivity contribution >= 4 is 0 Å². The average molecular weight is 142 g/mol. The Morgan fingerprint density at radius 1 is 0.800 bits per heavy atom. The quantitative estimate of drug-likeness (QED) is 0.546. The van der Waals surface area contributed by atoms with E-state index in [-0.39, 0.29) is 5.60 Å². The van der Waals surface area contributed by atoms with Crippen LogP contribution in [0.15, 0.2) is 0 Å². The summed E-state index contributed by atoms with van der Waals surface area (Å²) in [5, 5.41) is 0. The molecule has 1 fully saturated rings. The zero-order valence-electron chi connectivity index (χ0n) is 7.91. The SMILES string of the molecule is COC1(C)C(C)(C)C1(C)C. The van der Waals surface area contributed by atoms with E-state index in [1.165, 1.54) is 0 Å². The van der Waals surface area contributed by atoms with Gasteiger partial charge in [-0.3, -0.25) is 0 Å². The second kappa shape index (κ2) is 1.58. The summed E-state index contributed by atoms with van der Waals surface area (Å²) < 4.78 is 5.48. The van der Waals surface area contributed by atoms with Gasteiger partial charge in [0.15, 0.2) is 0 Å². The Kier molecular flexibility index (Phi) is 1.27. The first-order chi connectivity index (χ1) is 4.31. The molecule has 0 radical (unpaired) electrons. The van der Waals surface area contributed by atoms with Crippen molar-refractivity contribution in [3.8, 4) is 0 Å². The Hall–Kier alpha value is -0.0400. The Labute approximate surface area is 63.8 Å². The molecule has 0 spiro atoms. The van der Waals surface area contributed by atoms with E-state index in [0.717, 1.165) is 0 Å². The standard InChI is InChI=1S/C9H18O/c1-7(2)8(3,4)9(7,5)10-6/h1-6H3. The fourth-order valence-corrected chi connectivity index (χ4v) is 2.05. The van der Waals surface area contributed by atoms with Crippen LogP contribution in [0.4, 0.5) is 0 Å². The molecule has 0 N–H and O–H groups in total. The van der Waals surface area contributed by atoms with E-state index in [9.17, 15) is 0 Å². The van der Waals surface area contributed by atoms with Crippen molar-refractivity contribution in [2.45, 2.75) is 40.2 Å². The molecule has 1 nitrogen and oxygen atoms in total. The molecular weight excluding hydrogens is 124 g/mol. The van der Waals surface area contributed by atoms with E-state index in [2.05, 4.69) is 34.6 Å². The predicted molar refractivity (Wildman–Crippen MR) is 43.0 cm³/mol. The smallest absolute Gasteiger partial charge is 0.0764 e. The number of ether oxygens (including phenoxy) is 1. The van der Waals surface area contributed by atoms with Crippen molar-refractivity contribution in [3.05, 3.63) is 0 Å². The normalized spacial score (nSPS) is 31.8. The van der Waals surface area contributed by atoms with Crippen LogP contribution >= 0.6 is 0 Å². The number of rotatable bonds is 1. The predicted octanol–water partition coefficient (Wildman–Crippen LogP) is 2.46. The number of hydrogen-bond acceptors (Lipinski definition) is 1. The molecule has 0 saturated heterocycles. The summed E-state index contributed by atoms with van der Waals surface area (Å²) in [6.07, 6.45) is 0. The van der Waals surface area contributed by atoms with Gasteiger partial charge in [-0.05, 0) is 6.92 Å². The van der Waals surface area contributed by atoms with Crippen molar-refractivity contribution in [1.82, 2.24) is 0 Å². The van der Waals surface area contributed by atoms with Crippen molar-refractivity contribution in [1.29, 1.82) is 0 Å². The molecule has 60 valence electrons. The van der Waals surface area contributed by atoms with Crippen LogP contribution in [0, 0.1) is 10.8 Å². The minimum Gasteiger partial charge on any atom is -0.377 e. The minimum absolute atomic E-state index is 0.0833. The molecule has 0 aromatic rings. The molecule has 10 heavy (non-hydrogen) atoms. The first kappa shape index (κ1) is 8.06. The molecule has 0 aromatic carbocycles. The molecule has 1 rings (SSSR count). The molecule has 1 saturated carbocycles. The van der Waals surface area contributed by atoms with Crippen LogP contribution in [0.5, 0.6) is 0 Å². The molecule has 0 atom stereocenters. The first-order valence-electron chi connectivity index (χ1n) is 3.86. The van der Waals surface area contributed by atoms with Crippen LogP contribution in [0.25, 0.3) is 0 Å². The Balaban J connectivity index is 2.90. The zero-order chi connectivity index (χ0) is 8.21. The van der Waals surface area contributed by atoms with Gasteiger partial charge >= 0.3 is 0 Å². The third kappa shape index (κ3) is 0.493. The van der Waals surface area contributed by atoms with Crippen LogP contribution in [-0.4, -0.2) is 12.7 Å².